The molecule has 2 amide bonds. The van der Waals surface area contributed by atoms with E-state index in [0.717, 1.165) is 12.5 Å². The first kappa shape index (κ1) is 36.9. The van der Waals surface area contributed by atoms with Crippen LogP contribution in [0.25, 0.3) is 0 Å². The number of hydrogen-bond donors (Lipinski definition) is 7. The molecule has 2 rings (SSSR count). The molecule has 1 aliphatic rings. The number of carboxylic acids is 2. The summed E-state index contributed by atoms with van der Waals surface area (Å²) in [6.07, 6.45) is 4.59. The minimum absolute atomic E-state index is 0.157. The predicted octanol–water partition coefficient (Wildman–Crippen LogP) is -0.0157. The number of nitrogens with one attached hydrogen (secondary N) is 4. The Bertz CT molecular complexity index is 1400. The Labute approximate surface area is 257 Å². The molecule has 1 aromatic rings. The number of aliphatic carboxylic acids is 2. The maximum atomic E-state index is 13.6. The molecule has 1 saturated carbocycles. The van der Waals surface area contributed by atoms with E-state index in [1.54, 1.807) is 12.1 Å². The van der Waals surface area contributed by atoms with E-state index >= 15 is 0 Å². The second-order valence-electron chi connectivity index (χ2n) is 11.3. The number of benzene rings is 1. The van der Waals surface area contributed by atoms with Gasteiger partial charge >= 0.3 is 11.9 Å². The monoisotopic (exact) mass is 661 g/mol. The third-order valence-corrected chi connectivity index (χ3v) is 8.76. The predicted molar refractivity (Wildman–Crippen MR) is 163 cm³/mol. The van der Waals surface area contributed by atoms with Gasteiger partial charge in [0.1, 0.15) is 12.1 Å². The summed E-state index contributed by atoms with van der Waals surface area (Å²) in [5.74, 6) is -5.14. The Balaban J connectivity index is 2.17. The van der Waals surface area contributed by atoms with Crippen molar-refractivity contribution in [2.45, 2.75) is 69.9 Å². The second kappa shape index (κ2) is 16.2. The van der Waals surface area contributed by atoms with Gasteiger partial charge in [-0.2, -0.15) is 0 Å². The highest BCUT2D eigenvalue weighted by Gasteiger charge is 2.45. The lowest BCUT2D eigenvalue weighted by Crippen LogP contribution is -2.51. The molecular weight excluding hydrogens is 618 g/mol. The zero-order valence-corrected chi connectivity index (χ0v) is 26.5. The Morgan fingerprint density at radius 2 is 1.61 bits per heavy atom. The lowest BCUT2D eigenvalue weighted by atomic mass is 9.76. The van der Waals surface area contributed by atoms with Crippen LogP contribution in [0.5, 0.6) is 0 Å². The lowest BCUT2D eigenvalue weighted by molar-refractivity contribution is -0.147. The summed E-state index contributed by atoms with van der Waals surface area (Å²) in [4.78, 5) is 50.8. The normalized spacial score (nSPS) is 16.8. The minimum Gasteiger partial charge on any atom is -0.481 e. The molecule has 0 radical (unpaired) electrons. The number of amides is 2. The van der Waals surface area contributed by atoms with Crippen molar-refractivity contribution in [1.29, 1.82) is 0 Å². The largest absolute Gasteiger partial charge is 0.481 e. The summed E-state index contributed by atoms with van der Waals surface area (Å²) in [5.41, 5.74) is 4.96. The van der Waals surface area contributed by atoms with Crippen LogP contribution >= 0.6 is 0 Å². The van der Waals surface area contributed by atoms with Crippen LogP contribution in [0, 0.1) is 11.3 Å². The molecular formula is C27H43N5O10S2. The Kier molecular flexibility index (Phi) is 13.5. The molecule has 0 spiro atoms. The number of anilines is 1. The highest BCUT2D eigenvalue weighted by Crippen LogP contribution is 2.43. The zero-order chi connectivity index (χ0) is 33.1. The van der Waals surface area contributed by atoms with Gasteiger partial charge in [-0.25, -0.2) is 26.4 Å². The molecule has 17 heteroatoms. The molecule has 44 heavy (non-hydrogen) atoms. The number of sulfonamides is 2. The first-order valence-corrected chi connectivity index (χ1v) is 18.0. The van der Waals surface area contributed by atoms with Crippen LogP contribution in [0.2, 0.25) is 0 Å². The number of carbonyl (C=O) groups is 4. The van der Waals surface area contributed by atoms with Crippen LogP contribution in [0.4, 0.5) is 5.69 Å². The van der Waals surface area contributed by atoms with Crippen molar-refractivity contribution in [2.75, 3.05) is 30.3 Å². The summed E-state index contributed by atoms with van der Waals surface area (Å²) in [7, 11) is -7.31. The van der Waals surface area contributed by atoms with Crippen LogP contribution in [-0.2, 0) is 45.6 Å². The second-order valence-corrected chi connectivity index (χ2v) is 14.9. The number of rotatable bonds is 19. The maximum Gasteiger partial charge on any atom is 0.326 e. The summed E-state index contributed by atoms with van der Waals surface area (Å²) in [6, 6.07) is 3.58. The molecule has 1 aromatic carbocycles. The van der Waals surface area contributed by atoms with Gasteiger partial charge in [0.15, 0.2) is 0 Å². The first-order chi connectivity index (χ1) is 20.4. The fourth-order valence-corrected chi connectivity index (χ4v) is 6.66. The molecule has 0 aliphatic heterocycles. The van der Waals surface area contributed by atoms with Gasteiger partial charge in [-0.1, -0.05) is 31.4 Å². The van der Waals surface area contributed by atoms with E-state index in [9.17, 15) is 46.2 Å². The van der Waals surface area contributed by atoms with E-state index in [-0.39, 0.29) is 31.5 Å². The highest BCUT2D eigenvalue weighted by atomic mass is 32.2. The average Bonchev–Trinajstić information content (AvgIpc) is 3.38. The molecule has 15 nitrogen and oxygen atoms in total. The van der Waals surface area contributed by atoms with Crippen LogP contribution in [0.3, 0.4) is 0 Å². The van der Waals surface area contributed by atoms with Gasteiger partial charge in [0, 0.05) is 18.7 Å². The van der Waals surface area contributed by atoms with Crippen molar-refractivity contribution >= 4 is 49.5 Å². The molecule has 248 valence electrons. The summed E-state index contributed by atoms with van der Waals surface area (Å²) < 4.78 is 51.3. The van der Waals surface area contributed by atoms with Crippen molar-refractivity contribution in [3.05, 3.63) is 29.8 Å². The molecule has 3 atom stereocenters. The Hall–Kier alpha value is -3.28. The maximum absolute atomic E-state index is 13.6. The highest BCUT2D eigenvalue weighted by molar-refractivity contribution is 7.92. The van der Waals surface area contributed by atoms with Gasteiger partial charge in [0.2, 0.25) is 31.9 Å². The van der Waals surface area contributed by atoms with Crippen LogP contribution in [-0.4, -0.2) is 88.5 Å². The van der Waals surface area contributed by atoms with Gasteiger partial charge in [0.05, 0.1) is 23.8 Å². The lowest BCUT2D eigenvalue weighted by Gasteiger charge is -2.32. The number of unbranched alkanes of at least 4 members (excludes halogenated alkanes) is 1. The fraction of sp³-hybridized carbons (Fsp3) is 0.630. The fourth-order valence-electron chi connectivity index (χ4n) is 5.36. The Morgan fingerprint density at radius 3 is 2.16 bits per heavy atom. The molecule has 0 aromatic heterocycles. The quantitative estimate of drug-likeness (QED) is 0.0971. The summed E-state index contributed by atoms with van der Waals surface area (Å²) in [6.45, 7) is -0.0154. The average molecular weight is 662 g/mol. The number of nitrogens with two attached hydrogens (primary N) is 1. The smallest absolute Gasteiger partial charge is 0.326 e. The third-order valence-electron chi connectivity index (χ3n) is 7.44. The van der Waals surface area contributed by atoms with E-state index in [4.69, 9.17) is 5.73 Å². The minimum atomic E-state index is -3.74. The van der Waals surface area contributed by atoms with Gasteiger partial charge < -0.3 is 26.6 Å². The topological polar surface area (TPSA) is 251 Å². The van der Waals surface area contributed by atoms with Crippen LogP contribution in [0.15, 0.2) is 24.3 Å². The molecule has 2 unspecified atom stereocenters. The molecule has 1 aliphatic carbocycles. The molecule has 0 heterocycles. The standard InChI is InChI=1S/C27H43N5O10S2/c1-43(39,40)31-20-9-7-8-18(14-20)15-22(25(36)37)30-26(38)27(11-4-5-12-27)16-19(24(34)35)17-29-23(33)21(10-3-6-13-28)32-44(2,41)42/h7-9,14,19,21-22,31-32H,3-6,10-13,15-17,28H2,1-2H3,(H,29,33)(H,30,38)(H,34,35)(H,36,37)/t19?,21-,22?/m0/s1. The van der Waals surface area contributed by atoms with Crippen molar-refractivity contribution in [3.8, 4) is 0 Å². The third kappa shape index (κ3) is 12.4. The molecule has 0 saturated heterocycles. The summed E-state index contributed by atoms with van der Waals surface area (Å²) >= 11 is 0. The van der Waals surface area contributed by atoms with Crippen molar-refractivity contribution in [3.63, 3.8) is 0 Å². The molecule has 0 bridgehead atoms. The number of hydrogen-bond acceptors (Lipinski definition) is 9. The van der Waals surface area contributed by atoms with Crippen LogP contribution in [0.1, 0.15) is 56.9 Å². The van der Waals surface area contributed by atoms with E-state index in [0.29, 0.717) is 50.6 Å². The van der Waals surface area contributed by atoms with E-state index < -0.39 is 67.2 Å². The van der Waals surface area contributed by atoms with E-state index in [2.05, 4.69) is 20.1 Å². The number of carbonyl (C=O) groups excluding carboxylic acids is 2. The first-order valence-electron chi connectivity index (χ1n) is 14.2. The molecule has 1 fully saturated rings. The van der Waals surface area contributed by atoms with E-state index in [1.807, 2.05) is 0 Å². The SMILES string of the molecule is CS(=O)(=O)Nc1cccc(CC(NC(=O)C2(CC(CNC(=O)[C@H](CCCCN)NS(C)(=O)=O)C(=O)O)CCCC2)C(=O)O)c1. The Morgan fingerprint density at radius 1 is 0.955 bits per heavy atom. The van der Waals surface area contributed by atoms with Crippen molar-refractivity contribution < 1.29 is 46.2 Å². The van der Waals surface area contributed by atoms with Gasteiger partial charge in [-0.3, -0.25) is 19.1 Å². The van der Waals surface area contributed by atoms with E-state index in [1.165, 1.54) is 12.1 Å². The van der Waals surface area contributed by atoms with Crippen LogP contribution < -0.4 is 25.8 Å². The number of carboxylic acid groups (broad SMARTS) is 2. The van der Waals surface area contributed by atoms with Gasteiger partial charge in [-0.05, 0) is 56.3 Å². The van der Waals surface area contributed by atoms with Gasteiger partial charge in [-0.15, -0.1) is 0 Å². The van der Waals surface area contributed by atoms with Gasteiger partial charge in [0.25, 0.3) is 0 Å². The molecule has 8 N–H and O–H groups in total. The summed E-state index contributed by atoms with van der Waals surface area (Å²) in [5, 5.41) is 24.9. The zero-order valence-electron chi connectivity index (χ0n) is 24.9. The van der Waals surface area contributed by atoms with Crippen molar-refractivity contribution in [1.82, 2.24) is 15.4 Å². The van der Waals surface area contributed by atoms with Crippen molar-refractivity contribution in [2.24, 2.45) is 17.1 Å².